The van der Waals surface area contributed by atoms with Crippen molar-refractivity contribution in [3.8, 4) is 0 Å². The van der Waals surface area contributed by atoms with Crippen LogP contribution < -0.4 is 10.6 Å². The largest absolute Gasteiger partial charge is 0.357 e. The van der Waals surface area contributed by atoms with Crippen LogP contribution in [0, 0.1) is 11.8 Å². The number of hydrogen-bond acceptors (Lipinski definition) is 4. The molecule has 0 amide bonds. The van der Waals surface area contributed by atoms with Gasteiger partial charge in [0.15, 0.2) is 5.96 Å². The molecule has 2 rings (SSSR count). The summed E-state index contributed by atoms with van der Waals surface area (Å²) in [6.07, 6.45) is 3.07. The summed E-state index contributed by atoms with van der Waals surface area (Å²) in [5.41, 5.74) is 0. The zero-order valence-electron chi connectivity index (χ0n) is 17.4. The van der Waals surface area contributed by atoms with E-state index in [0.717, 1.165) is 45.0 Å². The van der Waals surface area contributed by atoms with Gasteiger partial charge in [0.2, 0.25) is 10.0 Å². The van der Waals surface area contributed by atoms with Gasteiger partial charge in [0.1, 0.15) is 0 Å². The highest BCUT2D eigenvalue weighted by Crippen LogP contribution is 2.20. The molecule has 27 heavy (non-hydrogen) atoms. The normalized spacial score (nSPS) is 26.2. The number of guanidine groups is 1. The molecule has 2 aliphatic heterocycles. The van der Waals surface area contributed by atoms with Crippen LogP contribution in [0.5, 0.6) is 0 Å². The van der Waals surface area contributed by atoms with E-state index in [2.05, 4.69) is 43.2 Å². The first-order valence-electron chi connectivity index (χ1n) is 9.94. The van der Waals surface area contributed by atoms with Gasteiger partial charge in [-0.15, -0.1) is 24.0 Å². The lowest BCUT2D eigenvalue weighted by molar-refractivity contribution is 0.265. The molecule has 160 valence electrons. The zero-order chi connectivity index (χ0) is 19.3. The second-order valence-electron chi connectivity index (χ2n) is 8.10. The van der Waals surface area contributed by atoms with Crippen molar-refractivity contribution in [1.82, 2.24) is 19.8 Å². The van der Waals surface area contributed by atoms with Crippen LogP contribution in [0.3, 0.4) is 0 Å². The molecule has 2 fully saturated rings. The molecule has 0 spiro atoms. The Hall–Kier alpha value is -0.130. The van der Waals surface area contributed by atoms with Gasteiger partial charge in [-0.25, -0.2) is 12.7 Å². The molecule has 2 heterocycles. The average molecular weight is 516 g/mol. The van der Waals surface area contributed by atoms with Crippen molar-refractivity contribution in [2.75, 3.05) is 45.5 Å². The number of likely N-dealkylation sites (tertiary alicyclic amines) is 1. The smallest absolute Gasteiger partial charge is 0.211 e. The number of rotatable bonds is 6. The number of aliphatic imine (C=N–C) groups is 1. The van der Waals surface area contributed by atoms with Crippen molar-refractivity contribution < 1.29 is 8.42 Å². The first-order chi connectivity index (χ1) is 12.2. The molecular weight excluding hydrogens is 477 g/mol. The Morgan fingerprint density at radius 3 is 2.33 bits per heavy atom. The van der Waals surface area contributed by atoms with E-state index in [1.54, 1.807) is 4.31 Å². The maximum atomic E-state index is 11.6. The highest BCUT2D eigenvalue weighted by atomic mass is 127. The van der Waals surface area contributed by atoms with Gasteiger partial charge in [-0.3, -0.25) is 9.89 Å². The molecule has 0 aromatic carbocycles. The van der Waals surface area contributed by atoms with Crippen LogP contribution >= 0.6 is 24.0 Å². The van der Waals surface area contributed by atoms with E-state index < -0.39 is 10.0 Å². The molecule has 2 saturated heterocycles. The van der Waals surface area contributed by atoms with Gasteiger partial charge in [-0.2, -0.15) is 0 Å². The van der Waals surface area contributed by atoms with E-state index in [0.29, 0.717) is 37.0 Å². The molecule has 0 saturated carbocycles. The quantitative estimate of drug-likeness (QED) is 0.319. The first-order valence-corrected chi connectivity index (χ1v) is 11.8. The molecule has 2 aliphatic rings. The maximum absolute atomic E-state index is 11.6. The summed E-state index contributed by atoms with van der Waals surface area (Å²) in [5, 5.41) is 6.98. The van der Waals surface area contributed by atoms with Crippen LogP contribution in [-0.4, -0.2) is 81.2 Å². The molecule has 2 unspecified atom stereocenters. The van der Waals surface area contributed by atoms with Crippen molar-refractivity contribution >= 4 is 40.0 Å². The predicted molar refractivity (Wildman–Crippen MR) is 123 cm³/mol. The molecule has 0 aromatic heterocycles. The third-order valence-electron chi connectivity index (χ3n) is 5.59. The molecule has 2 atom stereocenters. The van der Waals surface area contributed by atoms with Gasteiger partial charge in [0, 0.05) is 51.4 Å². The van der Waals surface area contributed by atoms with Crippen LogP contribution in [-0.2, 0) is 10.0 Å². The Morgan fingerprint density at radius 2 is 1.85 bits per heavy atom. The number of nitrogens with one attached hydrogen (secondary N) is 2. The van der Waals surface area contributed by atoms with Crippen LogP contribution in [0.15, 0.2) is 4.99 Å². The molecule has 2 N–H and O–H groups in total. The van der Waals surface area contributed by atoms with E-state index >= 15 is 0 Å². The summed E-state index contributed by atoms with van der Waals surface area (Å²) in [4.78, 5) is 7.31. The van der Waals surface area contributed by atoms with Crippen molar-refractivity contribution in [3.63, 3.8) is 0 Å². The van der Waals surface area contributed by atoms with Crippen LogP contribution in [0.1, 0.15) is 40.5 Å². The fraction of sp³-hybridized carbons (Fsp3) is 0.944. The summed E-state index contributed by atoms with van der Waals surface area (Å²) in [6.45, 7) is 13.9. The fourth-order valence-electron chi connectivity index (χ4n) is 3.75. The van der Waals surface area contributed by atoms with Gasteiger partial charge in [-0.1, -0.05) is 6.92 Å². The van der Waals surface area contributed by atoms with Crippen LogP contribution in [0.4, 0.5) is 0 Å². The number of piperidine rings is 1. The predicted octanol–water partition coefficient (Wildman–Crippen LogP) is 1.56. The molecule has 0 aromatic rings. The van der Waals surface area contributed by atoms with Gasteiger partial charge >= 0.3 is 0 Å². The lowest BCUT2D eigenvalue weighted by Gasteiger charge is -2.29. The Balaban J connectivity index is 0.00000364. The van der Waals surface area contributed by atoms with Crippen LogP contribution in [0.25, 0.3) is 0 Å². The first kappa shape index (κ1) is 24.9. The molecule has 9 heteroatoms. The Labute approximate surface area is 182 Å². The van der Waals surface area contributed by atoms with Crippen LogP contribution in [0.2, 0.25) is 0 Å². The molecular formula is C18H38IN5O2S. The highest BCUT2D eigenvalue weighted by molar-refractivity contribution is 14.0. The average Bonchev–Trinajstić information content (AvgIpc) is 2.93. The third kappa shape index (κ3) is 7.66. The number of sulfonamides is 1. The van der Waals surface area contributed by atoms with Crippen molar-refractivity contribution in [2.24, 2.45) is 16.8 Å². The van der Waals surface area contributed by atoms with Gasteiger partial charge in [0.25, 0.3) is 0 Å². The SMILES string of the molecule is CCNC(=NCC1CCN(S(C)(=O)=O)CC1)NC1CN(C(C)C)CC1C.I. The lowest BCUT2D eigenvalue weighted by atomic mass is 9.98. The van der Waals surface area contributed by atoms with E-state index in [1.807, 2.05) is 0 Å². The Bertz CT molecular complexity index is 576. The molecule has 0 radical (unpaired) electrons. The maximum Gasteiger partial charge on any atom is 0.211 e. The second-order valence-corrected chi connectivity index (χ2v) is 10.1. The second kappa shape index (κ2) is 11.2. The summed E-state index contributed by atoms with van der Waals surface area (Å²) >= 11 is 0. The standard InChI is InChI=1S/C18H37N5O2S.HI/c1-6-19-18(21-17-13-22(14(2)3)12-15(17)4)20-11-16-7-9-23(10-8-16)26(5,24)25;/h14-17H,6-13H2,1-5H3,(H2,19,20,21);1H. The van der Waals surface area contributed by atoms with E-state index in [9.17, 15) is 8.42 Å². The fourth-order valence-corrected chi connectivity index (χ4v) is 4.63. The van der Waals surface area contributed by atoms with E-state index in [4.69, 9.17) is 4.99 Å². The Morgan fingerprint density at radius 1 is 1.22 bits per heavy atom. The van der Waals surface area contributed by atoms with Crippen molar-refractivity contribution in [3.05, 3.63) is 0 Å². The van der Waals surface area contributed by atoms with E-state index in [-0.39, 0.29) is 24.0 Å². The minimum Gasteiger partial charge on any atom is -0.357 e. The number of hydrogen-bond donors (Lipinski definition) is 2. The van der Waals surface area contributed by atoms with Crippen molar-refractivity contribution in [1.29, 1.82) is 0 Å². The van der Waals surface area contributed by atoms with Gasteiger partial charge in [-0.05, 0) is 45.4 Å². The third-order valence-corrected chi connectivity index (χ3v) is 6.89. The summed E-state index contributed by atoms with van der Waals surface area (Å²) in [6, 6.07) is 0.992. The summed E-state index contributed by atoms with van der Waals surface area (Å²) in [7, 11) is -3.06. The summed E-state index contributed by atoms with van der Waals surface area (Å²) in [5.74, 6) is 1.94. The topological polar surface area (TPSA) is 77.0 Å². The lowest BCUT2D eigenvalue weighted by Crippen LogP contribution is -2.47. The van der Waals surface area contributed by atoms with Gasteiger partial charge in [0.05, 0.1) is 6.26 Å². The monoisotopic (exact) mass is 515 g/mol. The number of nitrogens with zero attached hydrogens (tertiary/aromatic N) is 3. The number of halogens is 1. The molecule has 0 aliphatic carbocycles. The minimum atomic E-state index is -3.06. The summed E-state index contributed by atoms with van der Waals surface area (Å²) < 4.78 is 24.8. The molecule has 0 bridgehead atoms. The van der Waals surface area contributed by atoms with Crippen molar-refractivity contribution in [2.45, 2.75) is 52.6 Å². The minimum absolute atomic E-state index is 0. The zero-order valence-corrected chi connectivity index (χ0v) is 20.6. The van der Waals surface area contributed by atoms with E-state index in [1.165, 1.54) is 6.26 Å². The Kier molecular flexibility index (Phi) is 10.3. The van der Waals surface area contributed by atoms with Gasteiger partial charge < -0.3 is 10.6 Å². The highest BCUT2D eigenvalue weighted by Gasteiger charge is 2.31. The molecule has 7 nitrogen and oxygen atoms in total.